The number of rotatable bonds is 18. The van der Waals surface area contributed by atoms with Crippen LogP contribution in [0.25, 0.3) is 0 Å². The first kappa shape index (κ1) is 23.0. The van der Waals surface area contributed by atoms with Crippen LogP contribution in [0.1, 0.15) is 137 Å². The molecule has 0 aromatic carbocycles. The van der Waals surface area contributed by atoms with Crippen LogP contribution in [0.3, 0.4) is 0 Å². The largest absolute Gasteiger partial charge is 0.0654 e. The monoisotopic (exact) mass is 324 g/mol. The van der Waals surface area contributed by atoms with Crippen LogP contribution >= 0.6 is 0 Å². The lowest BCUT2D eigenvalue weighted by molar-refractivity contribution is 0.291. The Morgan fingerprint density at radius 1 is 0.391 bits per heavy atom. The summed E-state index contributed by atoms with van der Waals surface area (Å²) in [6.07, 6.45) is 24.7. The van der Waals surface area contributed by atoms with Crippen LogP contribution in [-0.4, -0.2) is 0 Å². The third-order valence-electron chi connectivity index (χ3n) is 5.49. The Bertz CT molecular complexity index is 208. The minimum atomic E-state index is 1.02. The molecular formula is C23H48. The van der Waals surface area contributed by atoms with E-state index in [2.05, 4.69) is 27.7 Å². The fraction of sp³-hybridized carbons (Fsp3) is 1.00. The second kappa shape index (κ2) is 18.3. The summed E-state index contributed by atoms with van der Waals surface area (Å²) in [4.78, 5) is 0. The Hall–Kier alpha value is 0. The Morgan fingerprint density at radius 3 is 1.22 bits per heavy atom. The smallest absolute Gasteiger partial charge is 0.0412 e. The third kappa shape index (κ3) is 15.3. The van der Waals surface area contributed by atoms with Gasteiger partial charge in [-0.05, 0) is 18.3 Å². The van der Waals surface area contributed by atoms with Gasteiger partial charge in [-0.25, -0.2) is 0 Å². The highest BCUT2D eigenvalue weighted by molar-refractivity contribution is 4.68. The molecule has 0 nitrogen and oxygen atoms in total. The van der Waals surface area contributed by atoms with Crippen molar-refractivity contribution < 1.29 is 0 Å². The van der Waals surface area contributed by atoms with Crippen LogP contribution in [0.2, 0.25) is 0 Å². The molecule has 0 saturated carbocycles. The van der Waals surface area contributed by atoms with Gasteiger partial charge in [0.25, 0.3) is 0 Å². The van der Waals surface area contributed by atoms with Crippen molar-refractivity contribution in [3.05, 3.63) is 0 Å². The minimum absolute atomic E-state index is 1.02. The average molecular weight is 325 g/mol. The SMILES string of the molecule is CCCCCCCCC(CCC)CC(CCC)CCCCCC. The van der Waals surface area contributed by atoms with E-state index in [0.717, 1.165) is 11.8 Å². The quantitative estimate of drug-likeness (QED) is 0.221. The highest BCUT2D eigenvalue weighted by Crippen LogP contribution is 2.29. The highest BCUT2D eigenvalue weighted by atomic mass is 14.2. The van der Waals surface area contributed by atoms with Gasteiger partial charge in [-0.2, -0.15) is 0 Å². The van der Waals surface area contributed by atoms with Crippen LogP contribution in [0, 0.1) is 11.8 Å². The predicted octanol–water partition coefficient (Wildman–Crippen LogP) is 8.93. The van der Waals surface area contributed by atoms with Crippen molar-refractivity contribution in [3.63, 3.8) is 0 Å². The summed E-state index contributed by atoms with van der Waals surface area (Å²) >= 11 is 0. The molecule has 0 aromatic rings. The van der Waals surface area contributed by atoms with Gasteiger partial charge in [-0.1, -0.05) is 130 Å². The molecule has 0 radical (unpaired) electrons. The molecule has 140 valence electrons. The zero-order valence-electron chi connectivity index (χ0n) is 17.2. The molecule has 0 aliphatic rings. The second-order valence-electron chi connectivity index (χ2n) is 7.95. The van der Waals surface area contributed by atoms with E-state index >= 15 is 0 Å². The van der Waals surface area contributed by atoms with Crippen molar-refractivity contribution in [2.45, 2.75) is 137 Å². The lowest BCUT2D eigenvalue weighted by Crippen LogP contribution is -2.10. The summed E-state index contributed by atoms with van der Waals surface area (Å²) in [5.74, 6) is 2.04. The molecule has 0 aliphatic carbocycles. The van der Waals surface area contributed by atoms with Gasteiger partial charge in [0.15, 0.2) is 0 Å². The maximum absolute atomic E-state index is 2.38. The zero-order chi connectivity index (χ0) is 17.2. The molecular weight excluding hydrogens is 276 g/mol. The molecule has 0 heteroatoms. The zero-order valence-corrected chi connectivity index (χ0v) is 17.2. The van der Waals surface area contributed by atoms with Crippen LogP contribution in [-0.2, 0) is 0 Å². The Balaban J connectivity index is 4.00. The van der Waals surface area contributed by atoms with Crippen LogP contribution < -0.4 is 0 Å². The van der Waals surface area contributed by atoms with Crippen molar-refractivity contribution in [1.82, 2.24) is 0 Å². The Morgan fingerprint density at radius 2 is 0.783 bits per heavy atom. The lowest BCUT2D eigenvalue weighted by atomic mass is 9.83. The molecule has 0 amide bonds. The molecule has 2 unspecified atom stereocenters. The number of hydrogen-bond acceptors (Lipinski definition) is 0. The first-order valence-electron chi connectivity index (χ1n) is 11.3. The minimum Gasteiger partial charge on any atom is -0.0654 e. The normalized spacial score (nSPS) is 14.1. The molecule has 0 saturated heterocycles. The molecule has 0 heterocycles. The van der Waals surface area contributed by atoms with Gasteiger partial charge in [-0.15, -0.1) is 0 Å². The standard InChI is InChI=1S/C23H48/c1-5-9-11-13-14-16-20-23(18-8-4)21-22(17-7-3)19-15-12-10-6-2/h22-23H,5-21H2,1-4H3. The van der Waals surface area contributed by atoms with Crippen molar-refractivity contribution in [3.8, 4) is 0 Å². The highest BCUT2D eigenvalue weighted by Gasteiger charge is 2.15. The van der Waals surface area contributed by atoms with Gasteiger partial charge in [0.1, 0.15) is 0 Å². The van der Waals surface area contributed by atoms with E-state index < -0.39 is 0 Å². The molecule has 0 N–H and O–H groups in total. The van der Waals surface area contributed by atoms with Gasteiger partial charge in [0.2, 0.25) is 0 Å². The Labute approximate surface area is 149 Å². The molecule has 0 aliphatic heterocycles. The summed E-state index contributed by atoms with van der Waals surface area (Å²) < 4.78 is 0. The van der Waals surface area contributed by atoms with Crippen molar-refractivity contribution >= 4 is 0 Å². The van der Waals surface area contributed by atoms with E-state index in [9.17, 15) is 0 Å². The number of hydrogen-bond donors (Lipinski definition) is 0. The van der Waals surface area contributed by atoms with E-state index in [4.69, 9.17) is 0 Å². The van der Waals surface area contributed by atoms with Gasteiger partial charge in [-0.3, -0.25) is 0 Å². The summed E-state index contributed by atoms with van der Waals surface area (Å²) in [6, 6.07) is 0. The number of unbranched alkanes of at least 4 members (excludes halogenated alkanes) is 8. The maximum atomic E-state index is 2.38. The summed E-state index contributed by atoms with van der Waals surface area (Å²) in [5, 5.41) is 0. The third-order valence-corrected chi connectivity index (χ3v) is 5.49. The topological polar surface area (TPSA) is 0 Å². The van der Waals surface area contributed by atoms with E-state index in [-0.39, 0.29) is 0 Å². The van der Waals surface area contributed by atoms with E-state index in [1.54, 1.807) is 0 Å². The Kier molecular flexibility index (Phi) is 18.3. The molecule has 2 atom stereocenters. The fourth-order valence-corrected chi connectivity index (χ4v) is 4.12. The van der Waals surface area contributed by atoms with Crippen LogP contribution in [0.15, 0.2) is 0 Å². The van der Waals surface area contributed by atoms with Gasteiger partial charge >= 0.3 is 0 Å². The molecule has 0 rings (SSSR count). The van der Waals surface area contributed by atoms with Gasteiger partial charge in [0.05, 0.1) is 0 Å². The van der Waals surface area contributed by atoms with Crippen molar-refractivity contribution in [2.24, 2.45) is 11.8 Å². The molecule has 0 fully saturated rings. The maximum Gasteiger partial charge on any atom is -0.0412 e. The second-order valence-corrected chi connectivity index (χ2v) is 7.95. The first-order valence-corrected chi connectivity index (χ1v) is 11.3. The van der Waals surface area contributed by atoms with Gasteiger partial charge < -0.3 is 0 Å². The van der Waals surface area contributed by atoms with Crippen molar-refractivity contribution in [2.75, 3.05) is 0 Å². The summed E-state index contributed by atoms with van der Waals surface area (Å²) in [7, 11) is 0. The molecule has 0 bridgehead atoms. The van der Waals surface area contributed by atoms with Crippen molar-refractivity contribution in [1.29, 1.82) is 0 Å². The molecule has 23 heavy (non-hydrogen) atoms. The molecule has 0 aromatic heterocycles. The van der Waals surface area contributed by atoms with E-state index in [1.165, 1.54) is 109 Å². The van der Waals surface area contributed by atoms with Crippen LogP contribution in [0.5, 0.6) is 0 Å². The average Bonchev–Trinajstić information content (AvgIpc) is 2.55. The summed E-state index contributed by atoms with van der Waals surface area (Å²) in [6.45, 7) is 9.39. The van der Waals surface area contributed by atoms with E-state index in [0.29, 0.717) is 0 Å². The fourth-order valence-electron chi connectivity index (χ4n) is 4.12. The van der Waals surface area contributed by atoms with E-state index in [1.807, 2.05) is 0 Å². The van der Waals surface area contributed by atoms with Gasteiger partial charge in [0, 0.05) is 0 Å². The molecule has 0 spiro atoms. The lowest BCUT2D eigenvalue weighted by Gasteiger charge is -2.23. The summed E-state index contributed by atoms with van der Waals surface area (Å²) in [5.41, 5.74) is 0. The first-order chi connectivity index (χ1) is 11.3. The predicted molar refractivity (Wildman–Crippen MR) is 108 cm³/mol. The van der Waals surface area contributed by atoms with Crippen LogP contribution in [0.4, 0.5) is 0 Å².